The summed E-state index contributed by atoms with van der Waals surface area (Å²) in [6.45, 7) is 3.27. The third kappa shape index (κ3) is 2.49. The van der Waals surface area contributed by atoms with Crippen molar-refractivity contribution in [2.75, 3.05) is 6.54 Å². The number of imidazole rings is 1. The molecule has 96 valence electrons. The first kappa shape index (κ1) is 11.9. The first-order valence-corrected chi connectivity index (χ1v) is 7.53. The number of hydrogen-bond acceptors (Lipinski definition) is 3. The van der Waals surface area contributed by atoms with Crippen molar-refractivity contribution in [3.8, 4) is 10.6 Å². The minimum absolute atomic E-state index is 0.598. The molecule has 0 saturated carbocycles. The zero-order valence-electron chi connectivity index (χ0n) is 10.7. The van der Waals surface area contributed by atoms with E-state index in [1.165, 1.54) is 29.8 Å². The maximum absolute atomic E-state index is 4.76. The minimum Gasteiger partial charge on any atom is -0.345 e. The second kappa shape index (κ2) is 5.24. The number of rotatable bonds is 3. The van der Waals surface area contributed by atoms with Crippen LogP contribution < -0.4 is 5.32 Å². The summed E-state index contributed by atoms with van der Waals surface area (Å²) in [6, 6.07) is 4.81. The fourth-order valence-corrected chi connectivity index (χ4v) is 3.38. The number of hydrogen-bond donors (Lipinski definition) is 2. The van der Waals surface area contributed by atoms with Gasteiger partial charge in [0.25, 0.3) is 0 Å². The average molecular weight is 261 g/mol. The van der Waals surface area contributed by atoms with Crippen molar-refractivity contribution in [2.45, 2.75) is 38.6 Å². The highest BCUT2D eigenvalue weighted by Crippen LogP contribution is 2.26. The van der Waals surface area contributed by atoms with E-state index in [0.717, 1.165) is 24.5 Å². The van der Waals surface area contributed by atoms with Crippen LogP contribution in [0.3, 0.4) is 0 Å². The van der Waals surface area contributed by atoms with Crippen molar-refractivity contribution in [3.05, 3.63) is 29.0 Å². The molecule has 0 aromatic carbocycles. The van der Waals surface area contributed by atoms with Crippen LogP contribution in [0, 0.1) is 6.92 Å². The molecule has 1 fully saturated rings. The highest BCUT2D eigenvalue weighted by atomic mass is 32.1. The molecule has 1 saturated heterocycles. The van der Waals surface area contributed by atoms with E-state index in [1.807, 2.05) is 0 Å². The van der Waals surface area contributed by atoms with E-state index in [-0.39, 0.29) is 0 Å². The number of thiophene rings is 1. The Kier molecular flexibility index (Phi) is 3.48. The molecule has 3 nitrogen and oxygen atoms in total. The van der Waals surface area contributed by atoms with Crippen LogP contribution in [0.25, 0.3) is 10.6 Å². The van der Waals surface area contributed by atoms with Gasteiger partial charge in [0.2, 0.25) is 0 Å². The Labute approximate surface area is 112 Å². The number of piperidine rings is 1. The van der Waals surface area contributed by atoms with Crippen LogP contribution in [0.4, 0.5) is 0 Å². The van der Waals surface area contributed by atoms with Crippen molar-refractivity contribution in [2.24, 2.45) is 0 Å². The molecule has 2 aromatic rings. The molecule has 4 heteroatoms. The second-order valence-electron chi connectivity index (χ2n) is 4.99. The smallest absolute Gasteiger partial charge is 0.108 e. The summed E-state index contributed by atoms with van der Waals surface area (Å²) < 4.78 is 0. The zero-order valence-corrected chi connectivity index (χ0v) is 11.5. The van der Waals surface area contributed by atoms with E-state index >= 15 is 0 Å². The SMILES string of the molecule is Cc1[nH]c(CC2CCCCN2)nc1-c1cccs1. The number of aromatic amines is 1. The van der Waals surface area contributed by atoms with Gasteiger partial charge in [-0.1, -0.05) is 12.5 Å². The molecule has 2 aromatic heterocycles. The van der Waals surface area contributed by atoms with E-state index in [9.17, 15) is 0 Å². The van der Waals surface area contributed by atoms with Crippen LogP contribution in [-0.2, 0) is 6.42 Å². The van der Waals surface area contributed by atoms with E-state index < -0.39 is 0 Å². The molecule has 1 aliphatic heterocycles. The van der Waals surface area contributed by atoms with Gasteiger partial charge in [-0.25, -0.2) is 4.98 Å². The van der Waals surface area contributed by atoms with Gasteiger partial charge in [-0.15, -0.1) is 11.3 Å². The molecular weight excluding hydrogens is 242 g/mol. The minimum atomic E-state index is 0.598. The number of nitrogens with zero attached hydrogens (tertiary/aromatic N) is 1. The largest absolute Gasteiger partial charge is 0.345 e. The van der Waals surface area contributed by atoms with Crippen LogP contribution in [0.15, 0.2) is 17.5 Å². The van der Waals surface area contributed by atoms with Crippen molar-refractivity contribution in [1.29, 1.82) is 0 Å². The number of H-pyrrole nitrogens is 1. The predicted octanol–water partition coefficient (Wildman–Crippen LogP) is 3.13. The summed E-state index contributed by atoms with van der Waals surface area (Å²) in [6.07, 6.45) is 4.95. The maximum Gasteiger partial charge on any atom is 0.108 e. The molecule has 3 rings (SSSR count). The second-order valence-corrected chi connectivity index (χ2v) is 5.93. The van der Waals surface area contributed by atoms with Crippen LogP contribution >= 0.6 is 11.3 Å². The lowest BCUT2D eigenvalue weighted by molar-refractivity contribution is 0.395. The van der Waals surface area contributed by atoms with Crippen LogP contribution in [0.5, 0.6) is 0 Å². The molecular formula is C14H19N3S. The Balaban J connectivity index is 1.75. The van der Waals surface area contributed by atoms with Crippen LogP contribution in [0.2, 0.25) is 0 Å². The maximum atomic E-state index is 4.76. The fourth-order valence-electron chi connectivity index (χ4n) is 2.60. The summed E-state index contributed by atoms with van der Waals surface area (Å²) in [5.41, 5.74) is 2.30. The highest BCUT2D eigenvalue weighted by Gasteiger charge is 2.16. The van der Waals surface area contributed by atoms with Crippen molar-refractivity contribution >= 4 is 11.3 Å². The Morgan fingerprint density at radius 2 is 2.39 bits per heavy atom. The summed E-state index contributed by atoms with van der Waals surface area (Å²) in [5.74, 6) is 1.12. The molecule has 3 heterocycles. The molecule has 0 spiro atoms. The molecule has 0 radical (unpaired) electrons. The lowest BCUT2D eigenvalue weighted by Crippen LogP contribution is -2.35. The van der Waals surface area contributed by atoms with E-state index in [1.54, 1.807) is 11.3 Å². The van der Waals surface area contributed by atoms with Gasteiger partial charge in [-0.2, -0.15) is 0 Å². The van der Waals surface area contributed by atoms with Gasteiger partial charge in [0.1, 0.15) is 11.5 Å². The van der Waals surface area contributed by atoms with E-state index in [4.69, 9.17) is 4.98 Å². The molecule has 1 atom stereocenters. The first-order valence-electron chi connectivity index (χ1n) is 6.65. The number of aryl methyl sites for hydroxylation is 1. The Morgan fingerprint density at radius 3 is 3.11 bits per heavy atom. The van der Waals surface area contributed by atoms with Gasteiger partial charge < -0.3 is 10.3 Å². The third-order valence-corrected chi connectivity index (χ3v) is 4.42. The highest BCUT2D eigenvalue weighted by molar-refractivity contribution is 7.13. The molecule has 0 aliphatic carbocycles. The van der Waals surface area contributed by atoms with E-state index in [2.05, 4.69) is 34.7 Å². The molecule has 2 N–H and O–H groups in total. The molecule has 18 heavy (non-hydrogen) atoms. The molecule has 0 bridgehead atoms. The lowest BCUT2D eigenvalue weighted by Gasteiger charge is -2.22. The quantitative estimate of drug-likeness (QED) is 0.891. The van der Waals surface area contributed by atoms with E-state index in [0.29, 0.717) is 6.04 Å². The van der Waals surface area contributed by atoms with Gasteiger partial charge in [0.15, 0.2) is 0 Å². The zero-order chi connectivity index (χ0) is 12.4. The van der Waals surface area contributed by atoms with Gasteiger partial charge >= 0.3 is 0 Å². The van der Waals surface area contributed by atoms with Gasteiger partial charge in [-0.3, -0.25) is 0 Å². The average Bonchev–Trinajstić information content (AvgIpc) is 3.00. The van der Waals surface area contributed by atoms with Crippen molar-refractivity contribution in [1.82, 2.24) is 15.3 Å². The molecule has 1 unspecified atom stereocenters. The summed E-state index contributed by atoms with van der Waals surface area (Å²) >= 11 is 1.75. The molecule has 0 amide bonds. The van der Waals surface area contributed by atoms with Crippen molar-refractivity contribution in [3.63, 3.8) is 0 Å². The topological polar surface area (TPSA) is 40.7 Å². The summed E-state index contributed by atoms with van der Waals surface area (Å²) in [5, 5.41) is 5.68. The first-order chi connectivity index (χ1) is 8.83. The predicted molar refractivity (Wildman–Crippen MR) is 76.0 cm³/mol. The number of nitrogens with one attached hydrogen (secondary N) is 2. The summed E-state index contributed by atoms with van der Waals surface area (Å²) in [4.78, 5) is 9.45. The lowest BCUT2D eigenvalue weighted by atomic mass is 10.0. The normalized spacial score (nSPS) is 20.2. The van der Waals surface area contributed by atoms with Gasteiger partial charge in [-0.05, 0) is 37.8 Å². The monoisotopic (exact) mass is 261 g/mol. The fraction of sp³-hybridized carbons (Fsp3) is 0.500. The summed E-state index contributed by atoms with van der Waals surface area (Å²) in [7, 11) is 0. The van der Waals surface area contributed by atoms with Gasteiger partial charge in [0, 0.05) is 18.2 Å². The van der Waals surface area contributed by atoms with Gasteiger partial charge in [0.05, 0.1) is 4.88 Å². The Bertz CT molecular complexity index is 495. The molecule has 1 aliphatic rings. The Hall–Kier alpha value is -1.13. The Morgan fingerprint density at radius 1 is 1.44 bits per heavy atom. The van der Waals surface area contributed by atoms with Crippen LogP contribution in [0.1, 0.15) is 30.8 Å². The number of aromatic nitrogens is 2. The van der Waals surface area contributed by atoms with Crippen molar-refractivity contribution < 1.29 is 0 Å². The standard InChI is InChI=1S/C14H19N3S/c1-10-14(12-6-4-8-18-12)17-13(16-10)9-11-5-2-3-7-15-11/h4,6,8,11,15H,2-3,5,7,9H2,1H3,(H,16,17). The van der Waals surface area contributed by atoms with Crippen LogP contribution in [-0.4, -0.2) is 22.6 Å². The third-order valence-electron chi connectivity index (χ3n) is 3.54.